The highest BCUT2D eigenvalue weighted by Crippen LogP contribution is 2.28. The molecule has 0 amide bonds. The first-order valence-electron chi connectivity index (χ1n) is 12.5. The van der Waals surface area contributed by atoms with E-state index in [1.54, 1.807) is 27.1 Å². The van der Waals surface area contributed by atoms with Crippen LogP contribution in [0.3, 0.4) is 0 Å². The number of anilines is 1. The molecule has 0 bridgehead atoms. The fraction of sp³-hybridized carbons (Fsp3) is 0.379. The van der Waals surface area contributed by atoms with E-state index in [4.69, 9.17) is 5.11 Å². The summed E-state index contributed by atoms with van der Waals surface area (Å²) in [6, 6.07) is 7.80. The van der Waals surface area contributed by atoms with Gasteiger partial charge in [0.1, 0.15) is 23.3 Å². The lowest BCUT2D eigenvalue weighted by Gasteiger charge is -2.24. The molecule has 3 aromatic rings. The number of carbonyl (C=O) groups excluding carboxylic acids is 1. The summed E-state index contributed by atoms with van der Waals surface area (Å²) in [4.78, 5) is 27.3. The molecule has 37 heavy (non-hydrogen) atoms. The van der Waals surface area contributed by atoms with E-state index in [0.717, 1.165) is 22.8 Å². The summed E-state index contributed by atoms with van der Waals surface area (Å²) in [6.45, 7) is 13.5. The van der Waals surface area contributed by atoms with Crippen LogP contribution in [0.25, 0.3) is 5.69 Å². The second kappa shape index (κ2) is 16.4. The third kappa shape index (κ3) is 8.05. The van der Waals surface area contributed by atoms with Crippen LogP contribution in [0.15, 0.2) is 47.3 Å². The molecule has 0 unspecified atom stereocenters. The van der Waals surface area contributed by atoms with Gasteiger partial charge in [-0.2, -0.15) is 0 Å². The minimum Gasteiger partial charge on any atom is -0.396 e. The van der Waals surface area contributed by atoms with Crippen molar-refractivity contribution in [2.75, 3.05) is 25.6 Å². The van der Waals surface area contributed by atoms with Crippen molar-refractivity contribution in [2.24, 2.45) is 0 Å². The number of aromatic nitrogens is 1. The first-order chi connectivity index (χ1) is 17.6. The second-order valence-electron chi connectivity index (χ2n) is 7.31. The van der Waals surface area contributed by atoms with Crippen LogP contribution in [0.1, 0.15) is 68.6 Å². The van der Waals surface area contributed by atoms with Gasteiger partial charge in [0.05, 0.1) is 16.8 Å². The molecule has 0 aliphatic carbocycles. The Labute approximate surface area is 218 Å². The molecule has 0 spiro atoms. The molecule has 0 saturated heterocycles. The molecule has 0 radical (unpaired) electrons. The Morgan fingerprint density at radius 1 is 0.865 bits per heavy atom. The highest BCUT2D eigenvalue weighted by atomic mass is 19.1. The number of hydrogen-bond donors (Lipinski definition) is 1. The Hall–Kier alpha value is -3.39. The average molecular weight is 521 g/mol. The maximum absolute atomic E-state index is 15.1. The average Bonchev–Trinajstić information content (AvgIpc) is 2.88. The minimum atomic E-state index is -1.04. The Bertz CT molecular complexity index is 1200. The quantitative estimate of drug-likeness (QED) is 0.378. The maximum atomic E-state index is 15.1. The van der Waals surface area contributed by atoms with Gasteiger partial charge in [-0.1, -0.05) is 47.6 Å². The lowest BCUT2D eigenvalue weighted by molar-refractivity contribution is 0.103. The number of aliphatic hydroxyl groups is 1. The SMILES string of the molecule is CC.CC.CC.Cc1cc(CCO)cc(F)c1-n1c(N(C)C)c(C(=O)c2ccc(F)cc2F)ccc1=O. The normalized spacial score (nSPS) is 9.65. The van der Waals surface area contributed by atoms with Crippen LogP contribution >= 0.6 is 0 Å². The number of benzene rings is 2. The third-order valence-electron chi connectivity index (χ3n) is 4.85. The van der Waals surface area contributed by atoms with Gasteiger partial charge in [-0.25, -0.2) is 13.2 Å². The van der Waals surface area contributed by atoms with Crippen molar-refractivity contribution < 1.29 is 23.1 Å². The number of halogens is 3. The summed E-state index contributed by atoms with van der Waals surface area (Å²) < 4.78 is 43.6. The fourth-order valence-electron chi connectivity index (χ4n) is 3.55. The molecule has 1 N–H and O–H groups in total. The van der Waals surface area contributed by atoms with Crippen molar-refractivity contribution >= 4 is 11.6 Å². The van der Waals surface area contributed by atoms with E-state index >= 15 is 4.39 Å². The molecule has 204 valence electrons. The molecule has 0 fully saturated rings. The van der Waals surface area contributed by atoms with Gasteiger partial charge in [-0.15, -0.1) is 0 Å². The molecule has 5 nitrogen and oxygen atoms in total. The molecule has 1 aromatic heterocycles. The van der Waals surface area contributed by atoms with E-state index in [-0.39, 0.29) is 35.7 Å². The van der Waals surface area contributed by atoms with Crippen molar-refractivity contribution in [1.29, 1.82) is 0 Å². The van der Waals surface area contributed by atoms with Gasteiger partial charge in [-0.05, 0) is 48.7 Å². The van der Waals surface area contributed by atoms with Gasteiger partial charge < -0.3 is 10.0 Å². The first-order valence-corrected chi connectivity index (χ1v) is 12.5. The lowest BCUT2D eigenvalue weighted by atomic mass is 10.0. The topological polar surface area (TPSA) is 62.5 Å². The maximum Gasteiger partial charge on any atom is 0.256 e. The fourth-order valence-corrected chi connectivity index (χ4v) is 3.55. The van der Waals surface area contributed by atoms with Gasteiger partial charge in [-0.3, -0.25) is 14.2 Å². The smallest absolute Gasteiger partial charge is 0.256 e. The highest BCUT2D eigenvalue weighted by molar-refractivity contribution is 6.12. The van der Waals surface area contributed by atoms with Gasteiger partial charge in [0.25, 0.3) is 5.56 Å². The van der Waals surface area contributed by atoms with E-state index in [1.807, 2.05) is 41.5 Å². The zero-order chi connectivity index (χ0) is 28.9. The van der Waals surface area contributed by atoms with Crippen molar-refractivity contribution in [3.8, 4) is 5.69 Å². The van der Waals surface area contributed by atoms with Crippen LogP contribution < -0.4 is 10.5 Å². The molecule has 0 aliphatic heterocycles. The molecule has 2 aromatic carbocycles. The molecule has 0 aliphatic rings. The zero-order valence-corrected chi connectivity index (χ0v) is 23.2. The van der Waals surface area contributed by atoms with Crippen molar-refractivity contribution in [1.82, 2.24) is 4.57 Å². The Balaban J connectivity index is 0.00000201. The predicted octanol–water partition coefficient (Wildman–Crippen LogP) is 6.47. The van der Waals surface area contributed by atoms with Crippen LogP contribution in [-0.4, -0.2) is 36.2 Å². The predicted molar refractivity (Wildman–Crippen MR) is 146 cm³/mol. The van der Waals surface area contributed by atoms with E-state index in [9.17, 15) is 18.4 Å². The van der Waals surface area contributed by atoms with Crippen molar-refractivity contribution in [3.05, 3.63) is 92.5 Å². The number of aryl methyl sites for hydroxylation is 1. The minimum absolute atomic E-state index is 0.0478. The van der Waals surface area contributed by atoms with E-state index in [0.29, 0.717) is 17.2 Å². The largest absolute Gasteiger partial charge is 0.396 e. The first kappa shape index (κ1) is 33.6. The van der Waals surface area contributed by atoms with Crippen molar-refractivity contribution in [3.63, 3.8) is 0 Å². The molecule has 0 saturated carbocycles. The summed E-state index contributed by atoms with van der Waals surface area (Å²) in [5.74, 6) is -3.29. The van der Waals surface area contributed by atoms with Crippen LogP contribution in [0, 0.1) is 24.4 Å². The Morgan fingerprint density at radius 3 is 1.92 bits per heavy atom. The monoisotopic (exact) mass is 520 g/mol. The second-order valence-corrected chi connectivity index (χ2v) is 7.31. The number of ketones is 1. The molecule has 0 atom stereocenters. The van der Waals surface area contributed by atoms with Gasteiger partial charge in [0.2, 0.25) is 0 Å². The number of hydrogen-bond acceptors (Lipinski definition) is 4. The van der Waals surface area contributed by atoms with Crippen LogP contribution in [0.4, 0.5) is 19.0 Å². The zero-order valence-electron chi connectivity index (χ0n) is 23.2. The Kier molecular flexibility index (Phi) is 14.9. The van der Waals surface area contributed by atoms with Gasteiger partial charge in [0.15, 0.2) is 5.78 Å². The van der Waals surface area contributed by atoms with E-state index in [1.165, 1.54) is 17.0 Å². The molecule has 8 heteroatoms. The number of carbonyl (C=O) groups is 1. The third-order valence-corrected chi connectivity index (χ3v) is 4.85. The van der Waals surface area contributed by atoms with Crippen LogP contribution in [-0.2, 0) is 6.42 Å². The lowest BCUT2D eigenvalue weighted by Crippen LogP contribution is -2.29. The number of pyridine rings is 1. The van der Waals surface area contributed by atoms with Crippen LogP contribution in [0.5, 0.6) is 0 Å². The molecular formula is C29H39F3N2O3. The van der Waals surface area contributed by atoms with E-state index < -0.39 is 28.8 Å². The summed E-state index contributed by atoms with van der Waals surface area (Å²) in [5, 5.41) is 9.12. The molecule has 1 heterocycles. The van der Waals surface area contributed by atoms with Gasteiger partial charge >= 0.3 is 0 Å². The van der Waals surface area contributed by atoms with Crippen LogP contribution in [0.2, 0.25) is 0 Å². The standard InChI is InChI=1S/C23H21F3N2O3.3C2H6/c1-13-10-14(8-9-29)11-19(26)21(13)28-20(30)7-6-17(23(28)27(2)3)22(31)16-5-4-15(24)12-18(16)25;3*1-2/h4-7,10-12,29H,8-9H2,1-3H3;3*1-2H3. The number of aliphatic hydroxyl groups excluding tert-OH is 1. The van der Waals surface area contributed by atoms with Gasteiger partial charge in [0, 0.05) is 32.8 Å². The summed E-state index contributed by atoms with van der Waals surface area (Å²) in [5.41, 5.74) is -0.0765. The summed E-state index contributed by atoms with van der Waals surface area (Å²) in [7, 11) is 3.13. The summed E-state index contributed by atoms with van der Waals surface area (Å²) in [6.07, 6.45) is 0.246. The number of rotatable bonds is 6. The van der Waals surface area contributed by atoms with Crippen molar-refractivity contribution in [2.45, 2.75) is 54.9 Å². The molecule has 3 rings (SSSR count). The van der Waals surface area contributed by atoms with E-state index in [2.05, 4.69) is 0 Å². The highest BCUT2D eigenvalue weighted by Gasteiger charge is 2.24. The number of nitrogens with zero attached hydrogens (tertiary/aromatic N) is 2. The molecular weight excluding hydrogens is 481 g/mol. The summed E-state index contributed by atoms with van der Waals surface area (Å²) >= 11 is 0. The Morgan fingerprint density at radius 2 is 1.43 bits per heavy atom.